The van der Waals surface area contributed by atoms with Gasteiger partial charge in [-0.2, -0.15) is 0 Å². The molecule has 0 spiro atoms. The van der Waals surface area contributed by atoms with Crippen molar-refractivity contribution >= 4 is 99.5 Å². The molecule has 2 amide bonds. The lowest BCUT2D eigenvalue weighted by Crippen LogP contribution is -2.34. The number of amides is 2. The van der Waals surface area contributed by atoms with Gasteiger partial charge in [-0.05, 0) is 61.4 Å². The highest BCUT2D eigenvalue weighted by Gasteiger charge is 2.52. The van der Waals surface area contributed by atoms with Crippen LogP contribution in [0.5, 0.6) is 0 Å². The van der Waals surface area contributed by atoms with Crippen LogP contribution in [0.25, 0.3) is 22.2 Å². The summed E-state index contributed by atoms with van der Waals surface area (Å²) in [7, 11) is 0. The molecule has 1 aromatic heterocycles. The number of halogens is 4. The maximum Gasteiger partial charge on any atom is 0.339 e. The summed E-state index contributed by atoms with van der Waals surface area (Å²) < 4.78 is 6.26. The fourth-order valence-corrected chi connectivity index (χ4v) is 7.25. The molecule has 1 aliphatic heterocycles. The van der Waals surface area contributed by atoms with Gasteiger partial charge < -0.3 is 4.74 Å². The third kappa shape index (κ3) is 5.94. The molecule has 11 heteroatoms. The number of fused-ring (bicyclic) bond motifs is 2. The van der Waals surface area contributed by atoms with Gasteiger partial charge in [-0.3, -0.25) is 19.3 Å². The van der Waals surface area contributed by atoms with E-state index in [-0.39, 0.29) is 44.7 Å². The summed E-state index contributed by atoms with van der Waals surface area (Å²) in [5.74, 6) is -2.08. The number of rotatable bonds is 6. The minimum absolute atomic E-state index is 0.126. The molecule has 7 nitrogen and oxygen atoms in total. The minimum atomic E-state index is -0.691. The Hall–Kier alpha value is -2.92. The number of benzene rings is 3. The molecule has 218 valence electrons. The van der Waals surface area contributed by atoms with Crippen molar-refractivity contribution in [2.75, 3.05) is 11.5 Å². The van der Waals surface area contributed by atoms with Gasteiger partial charge in [0.15, 0.2) is 12.4 Å². The highest BCUT2D eigenvalue weighted by atomic mass is 79.9. The number of anilines is 1. The molecule has 43 heavy (non-hydrogen) atoms. The second-order valence-corrected chi connectivity index (χ2v) is 14.2. The number of imide groups is 1. The van der Waals surface area contributed by atoms with Gasteiger partial charge in [0.1, 0.15) is 0 Å². The molecule has 1 saturated carbocycles. The maximum absolute atomic E-state index is 13.3. The first-order valence-electron chi connectivity index (χ1n) is 13.4. The van der Waals surface area contributed by atoms with Crippen molar-refractivity contribution in [1.82, 2.24) is 4.98 Å². The first kappa shape index (κ1) is 30.1. The largest absolute Gasteiger partial charge is 0.454 e. The number of alkyl halides is 2. The number of carbonyl (C=O) groups is 4. The molecule has 2 fully saturated rings. The van der Waals surface area contributed by atoms with E-state index in [1.165, 1.54) is 4.90 Å². The SMILES string of the molecule is O=C(COC(=O)c1cc(-c2ccc(N3C(=O)C4CC(Br)C(Br)CC4C3=O)cc2)nc2ccc(Cl)cc12)c1ccc(Br)cc1. The summed E-state index contributed by atoms with van der Waals surface area (Å²) in [6, 6.07) is 20.3. The number of carbonyl (C=O) groups excluding carboxylic acids is 4. The standard InChI is InChI=1S/C32H22Br3ClN2O5/c33-18-5-1-17(2-6-18)29(39)15-43-32(42)24-14-28(37-27-10-7-19(36)11-21(24)27)16-3-8-20(9-4-16)38-30(40)22-12-25(34)26(35)13-23(22)31(38)41/h1-11,14,22-23,25-26H,12-13,15H2. The van der Waals surface area contributed by atoms with Gasteiger partial charge >= 0.3 is 5.97 Å². The molecule has 0 N–H and O–H groups in total. The van der Waals surface area contributed by atoms with Crippen molar-refractivity contribution in [1.29, 1.82) is 0 Å². The van der Waals surface area contributed by atoms with Crippen LogP contribution in [-0.4, -0.2) is 44.8 Å². The predicted molar refractivity (Wildman–Crippen MR) is 175 cm³/mol. The van der Waals surface area contributed by atoms with Crippen LogP contribution < -0.4 is 4.90 Å². The van der Waals surface area contributed by atoms with Crippen LogP contribution >= 0.6 is 59.4 Å². The number of hydrogen-bond acceptors (Lipinski definition) is 6. The van der Waals surface area contributed by atoms with E-state index in [1.807, 2.05) is 0 Å². The maximum atomic E-state index is 13.3. The van der Waals surface area contributed by atoms with E-state index < -0.39 is 12.6 Å². The Kier molecular flexibility index (Phi) is 8.56. The van der Waals surface area contributed by atoms with Crippen LogP contribution in [0.4, 0.5) is 5.69 Å². The highest BCUT2D eigenvalue weighted by molar-refractivity contribution is 9.12. The average Bonchev–Trinajstić information content (AvgIpc) is 3.24. The molecule has 4 atom stereocenters. The molecule has 2 heterocycles. The third-order valence-corrected chi connectivity index (χ3v) is 11.3. The summed E-state index contributed by atoms with van der Waals surface area (Å²) in [6.45, 7) is -0.430. The number of aromatic nitrogens is 1. The van der Waals surface area contributed by atoms with Crippen LogP contribution in [0.1, 0.15) is 33.6 Å². The summed E-state index contributed by atoms with van der Waals surface area (Å²) in [6.07, 6.45) is 1.19. The minimum Gasteiger partial charge on any atom is -0.454 e. The van der Waals surface area contributed by atoms with Gasteiger partial charge in [0.25, 0.3) is 0 Å². The van der Waals surface area contributed by atoms with Gasteiger partial charge in [-0.25, -0.2) is 9.78 Å². The number of esters is 1. The number of ether oxygens (including phenoxy) is 1. The van der Waals surface area contributed by atoms with E-state index in [2.05, 4.69) is 47.8 Å². The van der Waals surface area contributed by atoms with Crippen LogP contribution in [0.2, 0.25) is 5.02 Å². The van der Waals surface area contributed by atoms with Crippen LogP contribution in [0.15, 0.2) is 77.3 Å². The van der Waals surface area contributed by atoms with E-state index in [9.17, 15) is 19.2 Å². The smallest absolute Gasteiger partial charge is 0.339 e. The van der Waals surface area contributed by atoms with E-state index in [4.69, 9.17) is 21.3 Å². The predicted octanol–water partition coefficient (Wildman–Crippen LogP) is 7.78. The fraction of sp³-hybridized carbons (Fsp3) is 0.219. The molecule has 4 aromatic rings. The Morgan fingerprint density at radius 3 is 2.14 bits per heavy atom. The van der Waals surface area contributed by atoms with Gasteiger partial charge in [-0.15, -0.1) is 0 Å². The molecule has 0 bridgehead atoms. The van der Waals surface area contributed by atoms with Crippen LogP contribution in [0, 0.1) is 11.8 Å². The van der Waals surface area contributed by atoms with Crippen molar-refractivity contribution in [2.24, 2.45) is 11.8 Å². The molecular formula is C32H22Br3ClN2O5. The van der Waals surface area contributed by atoms with Crippen molar-refractivity contribution in [3.63, 3.8) is 0 Å². The number of Topliss-reactive ketones (excluding diaryl/α,β-unsaturated/α-hetero) is 1. The molecule has 0 radical (unpaired) electrons. The zero-order valence-corrected chi connectivity index (χ0v) is 27.8. The molecule has 4 unspecified atom stereocenters. The number of ketones is 1. The Labute approximate surface area is 277 Å². The Bertz CT molecular complexity index is 1750. The zero-order chi connectivity index (χ0) is 30.4. The molecular weight excluding hydrogens is 768 g/mol. The van der Waals surface area contributed by atoms with Gasteiger partial charge in [0.2, 0.25) is 11.8 Å². The lowest BCUT2D eigenvalue weighted by Gasteiger charge is -2.29. The number of nitrogens with zero attached hydrogens (tertiary/aromatic N) is 2. The Morgan fingerprint density at radius 2 is 1.51 bits per heavy atom. The molecule has 3 aromatic carbocycles. The van der Waals surface area contributed by atoms with Gasteiger partial charge in [-0.1, -0.05) is 83.7 Å². The topological polar surface area (TPSA) is 93.6 Å². The average molecular weight is 790 g/mol. The van der Waals surface area contributed by atoms with Gasteiger partial charge in [0, 0.05) is 35.7 Å². The first-order valence-corrected chi connectivity index (χ1v) is 16.4. The monoisotopic (exact) mass is 786 g/mol. The quantitative estimate of drug-likeness (QED) is 0.0858. The van der Waals surface area contributed by atoms with Crippen LogP contribution in [-0.2, 0) is 14.3 Å². The Morgan fingerprint density at radius 1 is 0.884 bits per heavy atom. The molecule has 1 saturated heterocycles. The highest BCUT2D eigenvalue weighted by Crippen LogP contribution is 2.44. The van der Waals surface area contributed by atoms with E-state index in [1.54, 1.807) is 72.8 Å². The second-order valence-electron chi connectivity index (χ2n) is 10.5. The number of pyridine rings is 1. The van der Waals surface area contributed by atoms with Crippen molar-refractivity contribution in [2.45, 2.75) is 22.5 Å². The molecule has 2 aliphatic rings. The summed E-state index contributed by atoms with van der Waals surface area (Å²) in [4.78, 5) is 58.6. The Balaban J connectivity index is 1.27. The second kappa shape index (κ2) is 12.2. The van der Waals surface area contributed by atoms with E-state index in [0.717, 1.165) is 4.47 Å². The third-order valence-electron chi connectivity index (χ3n) is 7.82. The lowest BCUT2D eigenvalue weighted by molar-refractivity contribution is -0.122. The van der Waals surface area contributed by atoms with Gasteiger partial charge in [0.05, 0.1) is 34.3 Å². The van der Waals surface area contributed by atoms with Crippen LogP contribution in [0.3, 0.4) is 0 Å². The van der Waals surface area contributed by atoms with E-state index >= 15 is 0 Å². The summed E-state index contributed by atoms with van der Waals surface area (Å²) in [5.41, 5.74) is 2.78. The number of hydrogen-bond donors (Lipinski definition) is 0. The lowest BCUT2D eigenvalue weighted by atomic mass is 9.81. The fourth-order valence-electron chi connectivity index (χ4n) is 5.57. The summed E-state index contributed by atoms with van der Waals surface area (Å²) in [5, 5.41) is 0.907. The van der Waals surface area contributed by atoms with Crippen molar-refractivity contribution in [3.05, 3.63) is 93.4 Å². The normalized spacial score (nSPS) is 21.6. The van der Waals surface area contributed by atoms with E-state index in [0.29, 0.717) is 51.3 Å². The molecule has 6 rings (SSSR count). The molecule has 1 aliphatic carbocycles. The van der Waals surface area contributed by atoms with Crippen molar-refractivity contribution < 1.29 is 23.9 Å². The summed E-state index contributed by atoms with van der Waals surface area (Å²) >= 11 is 16.8. The van der Waals surface area contributed by atoms with Crippen molar-refractivity contribution in [3.8, 4) is 11.3 Å². The first-order chi connectivity index (χ1) is 20.6. The zero-order valence-electron chi connectivity index (χ0n) is 22.3.